The molecule has 0 aliphatic rings. The number of rotatable bonds is 4. The molecule has 2 aromatic heterocycles. The molecule has 0 aliphatic carbocycles. The number of aromatic nitrogens is 2. The first-order chi connectivity index (χ1) is 9.75. The third kappa shape index (κ3) is 3.29. The van der Waals surface area contributed by atoms with Gasteiger partial charge in [-0.2, -0.15) is 10.5 Å². The number of hydrogen-bond donors (Lipinski definition) is 1. The Labute approximate surface area is 115 Å². The van der Waals surface area contributed by atoms with Crippen LogP contribution in [0, 0.1) is 22.7 Å². The van der Waals surface area contributed by atoms with Crippen molar-refractivity contribution in [2.45, 2.75) is 13.2 Å². The topological polar surface area (TPSA) is 103 Å². The van der Waals surface area contributed by atoms with Crippen LogP contribution >= 0.6 is 0 Å². The summed E-state index contributed by atoms with van der Waals surface area (Å²) in [6.07, 6.45) is 1.46. The molecule has 0 amide bonds. The molecular weight excluding hydrogens is 256 g/mol. The lowest BCUT2D eigenvalue weighted by Crippen LogP contribution is -2.02. The third-order valence-electron chi connectivity index (χ3n) is 2.47. The molecule has 1 N–H and O–H groups in total. The number of nitriles is 2. The van der Waals surface area contributed by atoms with Crippen LogP contribution in [0.1, 0.15) is 22.5 Å². The van der Waals surface area contributed by atoms with Crippen LogP contribution in [0.5, 0.6) is 5.88 Å². The number of ether oxygens (including phenoxy) is 1. The van der Waals surface area contributed by atoms with Gasteiger partial charge in [-0.3, -0.25) is 4.98 Å². The summed E-state index contributed by atoms with van der Waals surface area (Å²) in [5.41, 5.74) is 1.85. The number of aliphatic hydroxyl groups is 1. The van der Waals surface area contributed by atoms with Crippen molar-refractivity contribution >= 4 is 0 Å². The van der Waals surface area contributed by atoms with Gasteiger partial charge < -0.3 is 9.84 Å². The predicted molar refractivity (Wildman–Crippen MR) is 68.2 cm³/mol. The molecule has 0 saturated heterocycles. The number of aliphatic hydroxyl groups excluding tert-OH is 1. The smallest absolute Gasteiger partial charge is 0.215 e. The summed E-state index contributed by atoms with van der Waals surface area (Å²) in [5, 5.41) is 26.6. The molecule has 6 nitrogen and oxygen atoms in total. The van der Waals surface area contributed by atoms with Crippen LogP contribution in [0.25, 0.3) is 0 Å². The second-order valence-corrected chi connectivity index (χ2v) is 3.89. The lowest BCUT2D eigenvalue weighted by molar-refractivity contribution is 0.264. The van der Waals surface area contributed by atoms with E-state index in [1.807, 2.05) is 12.1 Å². The highest BCUT2D eigenvalue weighted by molar-refractivity contribution is 5.34. The van der Waals surface area contributed by atoms with E-state index in [1.54, 1.807) is 12.1 Å². The zero-order chi connectivity index (χ0) is 14.4. The van der Waals surface area contributed by atoms with Crippen LogP contribution in [-0.4, -0.2) is 15.1 Å². The van der Waals surface area contributed by atoms with Crippen LogP contribution in [0.3, 0.4) is 0 Å². The van der Waals surface area contributed by atoms with Crippen molar-refractivity contribution in [1.82, 2.24) is 9.97 Å². The first kappa shape index (κ1) is 13.5. The highest BCUT2D eigenvalue weighted by atomic mass is 16.5. The molecular formula is C14H10N4O2. The molecule has 98 valence electrons. The molecule has 2 aromatic rings. The summed E-state index contributed by atoms with van der Waals surface area (Å²) < 4.78 is 5.43. The van der Waals surface area contributed by atoms with Gasteiger partial charge in [0.2, 0.25) is 5.88 Å². The highest BCUT2D eigenvalue weighted by Gasteiger charge is 2.04. The standard InChI is InChI=1S/C14H10N4O2/c15-5-10-1-2-12(17-7-10)9-20-14-4-11(6-16)3-13(8-19)18-14/h1-4,7,19H,8-9H2. The fourth-order valence-electron chi connectivity index (χ4n) is 1.50. The van der Waals surface area contributed by atoms with E-state index in [0.29, 0.717) is 22.5 Å². The molecule has 20 heavy (non-hydrogen) atoms. The molecule has 0 unspecified atom stereocenters. The van der Waals surface area contributed by atoms with Gasteiger partial charge >= 0.3 is 0 Å². The summed E-state index contributed by atoms with van der Waals surface area (Å²) in [5.74, 6) is 0.249. The summed E-state index contributed by atoms with van der Waals surface area (Å²) in [4.78, 5) is 8.11. The van der Waals surface area contributed by atoms with Crippen molar-refractivity contribution in [3.8, 4) is 18.0 Å². The van der Waals surface area contributed by atoms with Crippen LogP contribution in [0.15, 0.2) is 30.5 Å². The van der Waals surface area contributed by atoms with E-state index in [1.165, 1.54) is 18.3 Å². The van der Waals surface area contributed by atoms with Gasteiger partial charge in [-0.1, -0.05) is 0 Å². The predicted octanol–water partition coefficient (Wildman–Crippen LogP) is 1.29. The van der Waals surface area contributed by atoms with Gasteiger partial charge in [0.05, 0.1) is 35.2 Å². The molecule has 0 spiro atoms. The third-order valence-corrected chi connectivity index (χ3v) is 2.47. The van der Waals surface area contributed by atoms with Crippen molar-refractivity contribution in [3.05, 3.63) is 53.0 Å². The molecule has 0 radical (unpaired) electrons. The van der Waals surface area contributed by atoms with Gasteiger partial charge in [0.15, 0.2) is 0 Å². The van der Waals surface area contributed by atoms with E-state index in [0.717, 1.165) is 0 Å². The minimum atomic E-state index is -0.263. The van der Waals surface area contributed by atoms with E-state index >= 15 is 0 Å². The Morgan fingerprint density at radius 3 is 2.50 bits per heavy atom. The molecule has 6 heteroatoms. The van der Waals surface area contributed by atoms with Crippen molar-refractivity contribution in [3.63, 3.8) is 0 Å². The first-order valence-electron chi connectivity index (χ1n) is 5.75. The Hall–Kier alpha value is -2.96. The number of pyridine rings is 2. The second kappa shape index (κ2) is 6.28. The maximum Gasteiger partial charge on any atom is 0.215 e. The minimum absolute atomic E-state index is 0.165. The monoisotopic (exact) mass is 266 g/mol. The lowest BCUT2D eigenvalue weighted by Gasteiger charge is -2.06. The van der Waals surface area contributed by atoms with Gasteiger partial charge in [-0.05, 0) is 18.2 Å². The normalized spacial score (nSPS) is 9.55. The Kier molecular flexibility index (Phi) is 4.23. The highest BCUT2D eigenvalue weighted by Crippen LogP contribution is 2.13. The molecule has 0 saturated carbocycles. The average Bonchev–Trinajstić information content (AvgIpc) is 2.53. The van der Waals surface area contributed by atoms with Gasteiger partial charge in [0.25, 0.3) is 0 Å². The van der Waals surface area contributed by atoms with E-state index in [4.69, 9.17) is 20.4 Å². The maximum atomic E-state index is 9.05. The van der Waals surface area contributed by atoms with Crippen LogP contribution in [0.4, 0.5) is 0 Å². The van der Waals surface area contributed by atoms with Crippen LogP contribution < -0.4 is 4.74 Å². The minimum Gasteiger partial charge on any atom is -0.471 e. The molecule has 0 aromatic carbocycles. The fourth-order valence-corrected chi connectivity index (χ4v) is 1.50. The van der Waals surface area contributed by atoms with E-state index in [2.05, 4.69) is 9.97 Å². The van der Waals surface area contributed by atoms with Gasteiger partial charge in [-0.15, -0.1) is 0 Å². The maximum absolute atomic E-state index is 9.05. The zero-order valence-electron chi connectivity index (χ0n) is 10.4. The van der Waals surface area contributed by atoms with Crippen molar-refractivity contribution < 1.29 is 9.84 Å². The molecule has 2 heterocycles. The molecule has 0 atom stereocenters. The van der Waals surface area contributed by atoms with Crippen molar-refractivity contribution in [2.75, 3.05) is 0 Å². The van der Waals surface area contributed by atoms with Crippen molar-refractivity contribution in [1.29, 1.82) is 10.5 Å². The molecule has 0 fully saturated rings. The van der Waals surface area contributed by atoms with Gasteiger partial charge in [-0.25, -0.2) is 4.98 Å². The summed E-state index contributed by atoms with van der Waals surface area (Å²) in [6.45, 7) is -0.0978. The summed E-state index contributed by atoms with van der Waals surface area (Å²) in [6, 6.07) is 10.3. The summed E-state index contributed by atoms with van der Waals surface area (Å²) in [7, 11) is 0. The van der Waals surface area contributed by atoms with E-state index in [-0.39, 0.29) is 19.1 Å². The van der Waals surface area contributed by atoms with Gasteiger partial charge in [0.1, 0.15) is 12.7 Å². The van der Waals surface area contributed by atoms with Crippen LogP contribution in [-0.2, 0) is 13.2 Å². The number of nitrogens with zero attached hydrogens (tertiary/aromatic N) is 4. The van der Waals surface area contributed by atoms with E-state index < -0.39 is 0 Å². The Morgan fingerprint density at radius 2 is 1.90 bits per heavy atom. The first-order valence-corrected chi connectivity index (χ1v) is 5.75. The Balaban J connectivity index is 2.10. The van der Waals surface area contributed by atoms with Crippen LogP contribution in [0.2, 0.25) is 0 Å². The van der Waals surface area contributed by atoms with Gasteiger partial charge in [0, 0.05) is 12.3 Å². The average molecular weight is 266 g/mol. The largest absolute Gasteiger partial charge is 0.471 e. The molecule has 0 aliphatic heterocycles. The SMILES string of the molecule is N#Cc1ccc(COc2cc(C#N)cc(CO)n2)nc1. The Morgan fingerprint density at radius 1 is 1.10 bits per heavy atom. The second-order valence-electron chi connectivity index (χ2n) is 3.89. The lowest BCUT2D eigenvalue weighted by atomic mass is 10.2. The van der Waals surface area contributed by atoms with Crippen molar-refractivity contribution in [2.24, 2.45) is 0 Å². The quantitative estimate of drug-likeness (QED) is 0.894. The summed E-state index contributed by atoms with van der Waals surface area (Å²) >= 11 is 0. The zero-order valence-corrected chi connectivity index (χ0v) is 10.4. The van der Waals surface area contributed by atoms with E-state index in [9.17, 15) is 0 Å². The molecule has 2 rings (SSSR count). The fraction of sp³-hybridized carbons (Fsp3) is 0.143. The molecule has 0 bridgehead atoms. The number of hydrogen-bond acceptors (Lipinski definition) is 6. The Bertz CT molecular complexity index is 684.